The van der Waals surface area contributed by atoms with Gasteiger partial charge >= 0.3 is 5.97 Å². The second-order valence-electron chi connectivity index (χ2n) is 4.92. The molecule has 0 aromatic carbocycles. The van der Waals surface area contributed by atoms with Gasteiger partial charge in [-0.15, -0.1) is 0 Å². The third kappa shape index (κ3) is 3.09. The van der Waals surface area contributed by atoms with Crippen LogP contribution in [0.25, 0.3) is 0 Å². The number of carboxylic acid groups (broad SMARTS) is 1. The number of hydrogen-bond donors (Lipinski definition) is 1. The van der Waals surface area contributed by atoms with Crippen LogP contribution in [0.1, 0.15) is 27.2 Å². The van der Waals surface area contributed by atoms with Crippen molar-refractivity contribution < 1.29 is 9.90 Å². The van der Waals surface area contributed by atoms with Crippen molar-refractivity contribution in [3.63, 3.8) is 0 Å². The number of carbonyl (C=O) groups is 1. The second kappa shape index (κ2) is 5.15. The predicted molar refractivity (Wildman–Crippen MR) is 66.1 cm³/mol. The maximum atomic E-state index is 10.8. The van der Waals surface area contributed by atoms with E-state index in [1.54, 1.807) is 0 Å². The molecule has 0 aromatic rings. The Kier molecular flexibility index (Phi) is 4.11. The van der Waals surface area contributed by atoms with Crippen molar-refractivity contribution in [1.29, 1.82) is 0 Å². The van der Waals surface area contributed by atoms with Crippen molar-refractivity contribution in [3.8, 4) is 0 Å². The minimum atomic E-state index is -0.939. The van der Waals surface area contributed by atoms with Crippen LogP contribution in [0.3, 0.4) is 0 Å². The lowest BCUT2D eigenvalue weighted by Crippen LogP contribution is -2.15. The molecule has 0 aromatic heterocycles. The standard InChI is InChI=1S/C14H20O2/c1-9(2)7-12-5-6-13(8-10(12)3)11(4)14(15)16/h5-6,8-10,12H,4,7H2,1-3H3,(H,15,16). The molecule has 0 bridgehead atoms. The Morgan fingerprint density at radius 1 is 1.56 bits per heavy atom. The molecular weight excluding hydrogens is 200 g/mol. The van der Waals surface area contributed by atoms with Crippen LogP contribution in [0.5, 0.6) is 0 Å². The van der Waals surface area contributed by atoms with Gasteiger partial charge in [0.05, 0.1) is 5.57 Å². The summed E-state index contributed by atoms with van der Waals surface area (Å²) in [5.41, 5.74) is 0.936. The molecule has 0 saturated carbocycles. The van der Waals surface area contributed by atoms with Crippen LogP contribution in [0.4, 0.5) is 0 Å². The Hall–Kier alpha value is -1.31. The van der Waals surface area contributed by atoms with E-state index in [0.717, 1.165) is 12.0 Å². The summed E-state index contributed by atoms with van der Waals surface area (Å²) in [5, 5.41) is 8.86. The Balaban J connectivity index is 2.74. The summed E-state index contributed by atoms with van der Waals surface area (Å²) < 4.78 is 0. The normalized spacial score (nSPS) is 24.4. The van der Waals surface area contributed by atoms with Gasteiger partial charge in [-0.1, -0.05) is 45.6 Å². The number of allylic oxidation sites excluding steroid dienone is 3. The average Bonchev–Trinajstić information content (AvgIpc) is 2.19. The first-order valence-electron chi connectivity index (χ1n) is 5.74. The summed E-state index contributed by atoms with van der Waals surface area (Å²) >= 11 is 0. The molecule has 2 atom stereocenters. The molecule has 2 heteroatoms. The van der Waals surface area contributed by atoms with E-state index in [4.69, 9.17) is 5.11 Å². The molecule has 1 aliphatic carbocycles. The minimum Gasteiger partial charge on any atom is -0.478 e. The van der Waals surface area contributed by atoms with E-state index in [9.17, 15) is 4.79 Å². The molecule has 0 amide bonds. The van der Waals surface area contributed by atoms with E-state index >= 15 is 0 Å². The van der Waals surface area contributed by atoms with Gasteiger partial charge in [-0.25, -0.2) is 4.79 Å². The molecule has 0 aliphatic heterocycles. The molecule has 16 heavy (non-hydrogen) atoms. The summed E-state index contributed by atoms with van der Waals surface area (Å²) in [6.45, 7) is 10.1. The quantitative estimate of drug-likeness (QED) is 0.737. The maximum Gasteiger partial charge on any atom is 0.335 e. The van der Waals surface area contributed by atoms with Crippen LogP contribution in [-0.2, 0) is 4.79 Å². The highest BCUT2D eigenvalue weighted by Gasteiger charge is 2.20. The van der Waals surface area contributed by atoms with Gasteiger partial charge in [0.2, 0.25) is 0 Å². The third-order valence-electron chi connectivity index (χ3n) is 2.99. The molecule has 0 spiro atoms. The molecule has 2 unspecified atom stereocenters. The molecule has 1 N–H and O–H groups in total. The van der Waals surface area contributed by atoms with E-state index in [2.05, 4.69) is 33.4 Å². The van der Waals surface area contributed by atoms with Gasteiger partial charge in [0.1, 0.15) is 0 Å². The molecule has 0 saturated heterocycles. The van der Waals surface area contributed by atoms with Crippen molar-refractivity contribution in [1.82, 2.24) is 0 Å². The van der Waals surface area contributed by atoms with Crippen molar-refractivity contribution in [3.05, 3.63) is 36.0 Å². The van der Waals surface area contributed by atoms with Crippen LogP contribution in [0.15, 0.2) is 36.0 Å². The predicted octanol–water partition coefficient (Wildman–Crippen LogP) is 3.42. The van der Waals surface area contributed by atoms with Crippen LogP contribution in [-0.4, -0.2) is 11.1 Å². The Morgan fingerprint density at radius 3 is 2.62 bits per heavy atom. The molecule has 1 aliphatic rings. The zero-order valence-electron chi connectivity index (χ0n) is 10.2. The van der Waals surface area contributed by atoms with Crippen LogP contribution in [0, 0.1) is 17.8 Å². The van der Waals surface area contributed by atoms with Gasteiger partial charge in [0.15, 0.2) is 0 Å². The number of hydrogen-bond acceptors (Lipinski definition) is 1. The maximum absolute atomic E-state index is 10.8. The topological polar surface area (TPSA) is 37.3 Å². The lowest BCUT2D eigenvalue weighted by Gasteiger charge is -2.24. The van der Waals surface area contributed by atoms with Crippen LogP contribution >= 0.6 is 0 Å². The second-order valence-corrected chi connectivity index (χ2v) is 4.92. The Bertz CT molecular complexity index is 348. The third-order valence-corrected chi connectivity index (χ3v) is 2.99. The largest absolute Gasteiger partial charge is 0.478 e. The lowest BCUT2D eigenvalue weighted by molar-refractivity contribution is -0.132. The van der Waals surface area contributed by atoms with Crippen molar-refractivity contribution in [2.75, 3.05) is 0 Å². The highest BCUT2D eigenvalue weighted by molar-refractivity contribution is 5.92. The number of aliphatic carboxylic acids is 1. The van der Waals surface area contributed by atoms with E-state index in [0.29, 0.717) is 17.8 Å². The zero-order chi connectivity index (χ0) is 12.3. The molecular formula is C14H20O2. The van der Waals surface area contributed by atoms with Crippen molar-refractivity contribution in [2.24, 2.45) is 17.8 Å². The van der Waals surface area contributed by atoms with E-state index in [-0.39, 0.29) is 5.57 Å². The summed E-state index contributed by atoms with van der Waals surface area (Å²) in [4.78, 5) is 10.8. The molecule has 2 nitrogen and oxygen atoms in total. The monoisotopic (exact) mass is 220 g/mol. The SMILES string of the molecule is C=C(C(=O)O)C1=CC(C)C(CC(C)C)C=C1. The lowest BCUT2D eigenvalue weighted by atomic mass is 9.81. The molecule has 1 rings (SSSR count). The molecule has 0 heterocycles. The highest BCUT2D eigenvalue weighted by atomic mass is 16.4. The van der Waals surface area contributed by atoms with Crippen LogP contribution < -0.4 is 0 Å². The van der Waals surface area contributed by atoms with Crippen molar-refractivity contribution >= 4 is 5.97 Å². The van der Waals surface area contributed by atoms with Gasteiger partial charge in [-0.2, -0.15) is 0 Å². The van der Waals surface area contributed by atoms with Crippen molar-refractivity contribution in [2.45, 2.75) is 27.2 Å². The Labute approximate surface area is 97.4 Å². The molecule has 0 radical (unpaired) electrons. The van der Waals surface area contributed by atoms with Gasteiger partial charge < -0.3 is 5.11 Å². The summed E-state index contributed by atoms with van der Waals surface area (Å²) in [5.74, 6) is 0.629. The number of carboxylic acids is 1. The van der Waals surface area contributed by atoms with Gasteiger partial charge in [0.25, 0.3) is 0 Å². The van der Waals surface area contributed by atoms with E-state index in [1.807, 2.05) is 12.2 Å². The summed E-state index contributed by atoms with van der Waals surface area (Å²) in [6, 6.07) is 0. The fraction of sp³-hybridized carbons (Fsp3) is 0.500. The smallest absolute Gasteiger partial charge is 0.335 e. The fourth-order valence-corrected chi connectivity index (χ4v) is 2.03. The van der Waals surface area contributed by atoms with Crippen LogP contribution in [0.2, 0.25) is 0 Å². The first kappa shape index (κ1) is 12.8. The van der Waals surface area contributed by atoms with E-state index < -0.39 is 5.97 Å². The van der Waals surface area contributed by atoms with E-state index in [1.165, 1.54) is 0 Å². The first-order valence-corrected chi connectivity index (χ1v) is 5.74. The first-order chi connectivity index (χ1) is 7.41. The Morgan fingerprint density at radius 2 is 2.19 bits per heavy atom. The highest BCUT2D eigenvalue weighted by Crippen LogP contribution is 2.30. The zero-order valence-corrected chi connectivity index (χ0v) is 10.2. The van der Waals surface area contributed by atoms with Gasteiger partial charge in [0, 0.05) is 0 Å². The molecule has 88 valence electrons. The summed E-state index contributed by atoms with van der Waals surface area (Å²) in [7, 11) is 0. The average molecular weight is 220 g/mol. The fourth-order valence-electron chi connectivity index (χ4n) is 2.03. The van der Waals surface area contributed by atoms with Gasteiger partial charge in [-0.3, -0.25) is 0 Å². The number of rotatable bonds is 4. The van der Waals surface area contributed by atoms with Gasteiger partial charge in [-0.05, 0) is 29.7 Å². The summed E-state index contributed by atoms with van der Waals surface area (Å²) in [6.07, 6.45) is 7.17. The minimum absolute atomic E-state index is 0.186. The molecule has 0 fully saturated rings.